The third-order valence-corrected chi connectivity index (χ3v) is 2.23. The summed E-state index contributed by atoms with van der Waals surface area (Å²) < 4.78 is 4.61. The van der Waals surface area contributed by atoms with Crippen molar-refractivity contribution in [3.8, 4) is 0 Å². The van der Waals surface area contributed by atoms with Gasteiger partial charge in [-0.1, -0.05) is 17.7 Å². The molecular formula is C8H11ClO2. The zero-order chi connectivity index (χ0) is 8.27. The quantitative estimate of drug-likeness (QED) is 0.569. The molecule has 0 unspecified atom stereocenters. The molecule has 1 aliphatic carbocycles. The Morgan fingerprint density at radius 1 is 1.82 bits per heavy atom. The molecule has 0 aromatic carbocycles. The van der Waals surface area contributed by atoms with E-state index in [1.54, 1.807) is 0 Å². The number of allylic oxidation sites excluding steroid dienone is 2. The number of methoxy groups -OCH3 is 1. The van der Waals surface area contributed by atoms with Gasteiger partial charge in [0.1, 0.15) is 0 Å². The number of hydrogen-bond acceptors (Lipinski definition) is 2. The third kappa shape index (κ3) is 2.22. The summed E-state index contributed by atoms with van der Waals surface area (Å²) in [6.07, 6.45) is 4.25. The van der Waals surface area contributed by atoms with E-state index in [2.05, 4.69) is 4.74 Å². The minimum Gasteiger partial charge on any atom is -0.469 e. The second kappa shape index (κ2) is 3.77. The van der Waals surface area contributed by atoms with Gasteiger partial charge in [0.2, 0.25) is 0 Å². The highest BCUT2D eigenvalue weighted by molar-refractivity contribution is 6.29. The van der Waals surface area contributed by atoms with Gasteiger partial charge in [0.25, 0.3) is 0 Å². The van der Waals surface area contributed by atoms with Crippen LogP contribution in [0.15, 0.2) is 11.1 Å². The summed E-state index contributed by atoms with van der Waals surface area (Å²) in [4.78, 5) is 11.0. The van der Waals surface area contributed by atoms with Crippen LogP contribution in [-0.2, 0) is 9.53 Å². The Morgan fingerprint density at radius 3 is 3.00 bits per heavy atom. The lowest BCUT2D eigenvalue weighted by Gasteiger charge is -2.16. The molecule has 0 N–H and O–H groups in total. The molecule has 1 rings (SSSR count). The fourth-order valence-electron chi connectivity index (χ4n) is 1.18. The minimum atomic E-state index is -0.120. The fraction of sp³-hybridized carbons (Fsp3) is 0.625. The predicted molar refractivity (Wildman–Crippen MR) is 43.3 cm³/mol. The maximum absolute atomic E-state index is 11.0. The molecule has 0 aliphatic heterocycles. The first-order valence-corrected chi connectivity index (χ1v) is 4.04. The Balaban J connectivity index is 2.47. The Hall–Kier alpha value is -0.500. The lowest BCUT2D eigenvalue weighted by atomic mass is 9.94. The second-order valence-corrected chi connectivity index (χ2v) is 3.13. The van der Waals surface area contributed by atoms with E-state index in [9.17, 15) is 4.79 Å². The largest absolute Gasteiger partial charge is 0.469 e. The van der Waals surface area contributed by atoms with E-state index in [4.69, 9.17) is 11.6 Å². The first-order valence-electron chi connectivity index (χ1n) is 3.66. The van der Waals surface area contributed by atoms with Gasteiger partial charge in [0, 0.05) is 5.03 Å². The Morgan fingerprint density at radius 2 is 2.55 bits per heavy atom. The topological polar surface area (TPSA) is 26.3 Å². The van der Waals surface area contributed by atoms with E-state index in [0.29, 0.717) is 0 Å². The molecule has 62 valence electrons. The number of hydrogen-bond donors (Lipinski definition) is 0. The monoisotopic (exact) mass is 174 g/mol. The van der Waals surface area contributed by atoms with Crippen LogP contribution in [-0.4, -0.2) is 13.1 Å². The lowest BCUT2D eigenvalue weighted by Crippen LogP contribution is -2.17. The van der Waals surface area contributed by atoms with E-state index >= 15 is 0 Å². The first kappa shape index (κ1) is 8.60. The summed E-state index contributed by atoms with van der Waals surface area (Å²) in [5.41, 5.74) is 0. The van der Waals surface area contributed by atoms with E-state index in [1.807, 2.05) is 6.08 Å². The number of esters is 1. The molecule has 11 heavy (non-hydrogen) atoms. The lowest BCUT2D eigenvalue weighted by molar-refractivity contribution is -0.145. The van der Waals surface area contributed by atoms with Gasteiger partial charge in [-0.25, -0.2) is 0 Å². The molecule has 0 radical (unpaired) electrons. The fourth-order valence-corrected chi connectivity index (χ4v) is 1.38. The van der Waals surface area contributed by atoms with Gasteiger partial charge < -0.3 is 4.74 Å². The summed E-state index contributed by atoms with van der Waals surface area (Å²) >= 11 is 5.74. The number of carbonyl (C=O) groups is 1. The van der Waals surface area contributed by atoms with Crippen molar-refractivity contribution >= 4 is 17.6 Å². The number of ether oxygens (including phenoxy) is 1. The van der Waals surface area contributed by atoms with Crippen LogP contribution in [0.5, 0.6) is 0 Å². The minimum absolute atomic E-state index is 0.0301. The number of halogens is 1. The van der Waals surface area contributed by atoms with E-state index < -0.39 is 0 Å². The van der Waals surface area contributed by atoms with Gasteiger partial charge in [0.05, 0.1) is 13.0 Å². The molecule has 1 atom stereocenters. The maximum atomic E-state index is 11.0. The molecule has 0 aromatic heterocycles. The average molecular weight is 175 g/mol. The third-order valence-electron chi connectivity index (χ3n) is 1.89. The maximum Gasteiger partial charge on any atom is 0.308 e. The summed E-state index contributed by atoms with van der Waals surface area (Å²) in [5.74, 6) is -0.0899. The summed E-state index contributed by atoms with van der Waals surface area (Å²) in [7, 11) is 1.42. The van der Waals surface area contributed by atoms with Crippen molar-refractivity contribution in [2.24, 2.45) is 5.92 Å². The van der Waals surface area contributed by atoms with Gasteiger partial charge in [0.15, 0.2) is 0 Å². The van der Waals surface area contributed by atoms with Crippen LogP contribution >= 0.6 is 11.6 Å². The average Bonchev–Trinajstić information content (AvgIpc) is 2.05. The SMILES string of the molecule is COC(=O)[C@H]1CC=C(Cl)CC1. The van der Waals surface area contributed by atoms with E-state index in [0.717, 1.165) is 24.3 Å². The number of carbonyl (C=O) groups excluding carboxylic acids is 1. The second-order valence-electron chi connectivity index (χ2n) is 2.65. The Labute approximate surface area is 71.2 Å². The molecule has 0 heterocycles. The normalized spacial score (nSPS) is 24.2. The standard InChI is InChI=1S/C8H11ClO2/c1-11-8(10)6-2-4-7(9)5-3-6/h4,6H,2-3,5H2,1H3/t6-/m0/s1. The smallest absolute Gasteiger partial charge is 0.308 e. The molecule has 0 saturated carbocycles. The molecular weight excluding hydrogens is 164 g/mol. The Bertz CT molecular complexity index is 187. The molecule has 1 aliphatic rings. The van der Waals surface area contributed by atoms with Gasteiger partial charge in [-0.3, -0.25) is 4.79 Å². The van der Waals surface area contributed by atoms with Crippen LogP contribution < -0.4 is 0 Å². The highest BCUT2D eigenvalue weighted by Crippen LogP contribution is 2.26. The molecule has 0 amide bonds. The predicted octanol–water partition coefficient (Wildman–Crippen LogP) is 2.08. The molecule has 0 bridgehead atoms. The summed E-state index contributed by atoms with van der Waals surface area (Å²) in [6.45, 7) is 0. The zero-order valence-corrected chi connectivity index (χ0v) is 7.23. The van der Waals surface area contributed by atoms with Crippen molar-refractivity contribution in [1.29, 1.82) is 0 Å². The summed E-state index contributed by atoms with van der Waals surface area (Å²) in [5, 5.41) is 0.866. The number of rotatable bonds is 1. The van der Waals surface area contributed by atoms with Crippen molar-refractivity contribution in [1.82, 2.24) is 0 Å². The van der Waals surface area contributed by atoms with Crippen LogP contribution in [0.2, 0.25) is 0 Å². The van der Waals surface area contributed by atoms with Crippen molar-refractivity contribution in [2.45, 2.75) is 19.3 Å². The molecule has 0 aromatic rings. The highest BCUT2D eigenvalue weighted by Gasteiger charge is 2.20. The van der Waals surface area contributed by atoms with Crippen LogP contribution in [0.3, 0.4) is 0 Å². The summed E-state index contributed by atoms with van der Waals surface area (Å²) in [6, 6.07) is 0. The van der Waals surface area contributed by atoms with Crippen LogP contribution in [0.1, 0.15) is 19.3 Å². The van der Waals surface area contributed by atoms with Crippen LogP contribution in [0.4, 0.5) is 0 Å². The van der Waals surface area contributed by atoms with Gasteiger partial charge in [-0.05, 0) is 19.3 Å². The highest BCUT2D eigenvalue weighted by atomic mass is 35.5. The molecule has 3 heteroatoms. The van der Waals surface area contributed by atoms with Crippen molar-refractivity contribution in [3.05, 3.63) is 11.1 Å². The molecule has 2 nitrogen and oxygen atoms in total. The first-order chi connectivity index (χ1) is 5.24. The van der Waals surface area contributed by atoms with Gasteiger partial charge in [-0.15, -0.1) is 0 Å². The van der Waals surface area contributed by atoms with Crippen molar-refractivity contribution in [2.75, 3.05) is 7.11 Å². The van der Waals surface area contributed by atoms with Gasteiger partial charge in [-0.2, -0.15) is 0 Å². The van der Waals surface area contributed by atoms with Crippen LogP contribution in [0.25, 0.3) is 0 Å². The molecule has 0 spiro atoms. The van der Waals surface area contributed by atoms with Crippen molar-refractivity contribution in [3.63, 3.8) is 0 Å². The zero-order valence-electron chi connectivity index (χ0n) is 6.47. The van der Waals surface area contributed by atoms with Crippen molar-refractivity contribution < 1.29 is 9.53 Å². The van der Waals surface area contributed by atoms with Gasteiger partial charge >= 0.3 is 5.97 Å². The Kier molecular flexibility index (Phi) is 2.94. The molecule has 0 fully saturated rings. The van der Waals surface area contributed by atoms with E-state index in [-0.39, 0.29) is 11.9 Å². The van der Waals surface area contributed by atoms with Crippen LogP contribution in [0, 0.1) is 5.92 Å². The molecule has 0 saturated heterocycles. The van der Waals surface area contributed by atoms with E-state index in [1.165, 1.54) is 7.11 Å².